The highest BCUT2D eigenvalue weighted by atomic mass is 35.5. The zero-order valence-electron chi connectivity index (χ0n) is 10.6. The molecule has 0 heterocycles. The van der Waals surface area contributed by atoms with Crippen LogP contribution in [0.2, 0.25) is 5.02 Å². The number of anilines is 1. The molecule has 2 aromatic carbocycles. The van der Waals surface area contributed by atoms with Crippen molar-refractivity contribution in [3.63, 3.8) is 0 Å². The number of hydrogen-bond donors (Lipinski definition) is 1. The van der Waals surface area contributed by atoms with Gasteiger partial charge in [0, 0.05) is 5.69 Å². The van der Waals surface area contributed by atoms with Gasteiger partial charge in [-0.05, 0) is 23.8 Å². The normalized spacial score (nSPS) is 11.4. The lowest BCUT2D eigenvalue weighted by atomic mass is 10.2. The monoisotopic (exact) mass is 311 g/mol. The summed E-state index contributed by atoms with van der Waals surface area (Å²) < 4.78 is 29.5. The molecule has 0 bridgehead atoms. The largest absolute Gasteiger partial charge is 0.399 e. The Morgan fingerprint density at radius 1 is 1.10 bits per heavy atom. The van der Waals surface area contributed by atoms with Gasteiger partial charge >= 0.3 is 0 Å². The average molecular weight is 312 g/mol. The van der Waals surface area contributed by atoms with Crippen molar-refractivity contribution >= 4 is 27.1 Å². The van der Waals surface area contributed by atoms with Gasteiger partial charge in [-0.3, -0.25) is 0 Å². The summed E-state index contributed by atoms with van der Waals surface area (Å²) in [6.45, 7) is 0.222. The first-order chi connectivity index (χ1) is 9.49. The van der Waals surface area contributed by atoms with Gasteiger partial charge in [0.25, 0.3) is 0 Å². The summed E-state index contributed by atoms with van der Waals surface area (Å²) in [5.41, 5.74) is 6.83. The second-order valence-electron chi connectivity index (χ2n) is 4.26. The fourth-order valence-corrected chi connectivity index (χ4v) is 3.25. The van der Waals surface area contributed by atoms with E-state index in [2.05, 4.69) is 0 Å². The highest BCUT2D eigenvalue weighted by Gasteiger charge is 2.18. The fourth-order valence-electron chi connectivity index (χ4n) is 1.67. The Morgan fingerprint density at radius 2 is 1.80 bits per heavy atom. The minimum atomic E-state index is -3.62. The summed E-state index contributed by atoms with van der Waals surface area (Å²) in [6, 6.07) is 13.7. The van der Waals surface area contributed by atoms with Crippen molar-refractivity contribution in [2.45, 2.75) is 11.5 Å². The lowest BCUT2D eigenvalue weighted by molar-refractivity contribution is 0.163. The molecule has 0 fully saturated rings. The number of rotatable bonds is 5. The maximum atomic E-state index is 12.1. The van der Waals surface area contributed by atoms with Crippen LogP contribution in [-0.2, 0) is 21.2 Å². The third kappa shape index (κ3) is 3.72. The van der Waals surface area contributed by atoms with E-state index in [0.29, 0.717) is 5.69 Å². The van der Waals surface area contributed by atoms with Gasteiger partial charge in [0.05, 0.1) is 16.5 Å². The molecule has 0 amide bonds. The number of ether oxygens (including phenoxy) is 1. The number of nitrogen functional groups attached to an aromatic ring is 1. The average Bonchev–Trinajstić information content (AvgIpc) is 2.42. The molecule has 2 aromatic rings. The van der Waals surface area contributed by atoms with Crippen molar-refractivity contribution in [3.8, 4) is 0 Å². The smallest absolute Gasteiger partial charge is 0.203 e. The summed E-state index contributed by atoms with van der Waals surface area (Å²) in [4.78, 5) is -0.00720. The minimum Gasteiger partial charge on any atom is -0.399 e. The number of benzene rings is 2. The summed E-state index contributed by atoms with van der Waals surface area (Å²) in [5.74, 6) is -0.439. The van der Waals surface area contributed by atoms with Gasteiger partial charge in [0.1, 0.15) is 0 Å². The second kappa shape index (κ2) is 6.26. The first kappa shape index (κ1) is 14.8. The van der Waals surface area contributed by atoms with E-state index in [1.54, 1.807) is 6.07 Å². The zero-order valence-corrected chi connectivity index (χ0v) is 12.2. The van der Waals surface area contributed by atoms with Crippen LogP contribution >= 0.6 is 11.6 Å². The van der Waals surface area contributed by atoms with Crippen molar-refractivity contribution in [1.82, 2.24) is 0 Å². The van der Waals surface area contributed by atoms with Crippen LogP contribution < -0.4 is 5.73 Å². The molecule has 20 heavy (non-hydrogen) atoms. The lowest BCUT2D eigenvalue weighted by Gasteiger charge is -2.08. The Balaban J connectivity index is 2.06. The molecule has 0 saturated heterocycles. The third-order valence-corrected chi connectivity index (χ3v) is 4.57. The van der Waals surface area contributed by atoms with E-state index in [1.807, 2.05) is 30.3 Å². The molecular formula is C14H14ClNO3S. The quantitative estimate of drug-likeness (QED) is 0.862. The zero-order chi connectivity index (χ0) is 14.6. The van der Waals surface area contributed by atoms with Crippen molar-refractivity contribution in [2.24, 2.45) is 0 Å². The predicted octanol–water partition coefficient (Wildman–Crippen LogP) is 2.87. The van der Waals surface area contributed by atoms with E-state index < -0.39 is 15.8 Å². The molecule has 0 spiro atoms. The van der Waals surface area contributed by atoms with E-state index in [4.69, 9.17) is 22.1 Å². The molecule has 106 valence electrons. The second-order valence-corrected chi connectivity index (χ2v) is 6.57. The lowest BCUT2D eigenvalue weighted by Crippen LogP contribution is -2.11. The number of hydrogen-bond acceptors (Lipinski definition) is 4. The first-order valence-corrected chi connectivity index (χ1v) is 7.91. The summed E-state index contributed by atoms with van der Waals surface area (Å²) >= 11 is 5.89. The molecule has 0 radical (unpaired) electrons. The topological polar surface area (TPSA) is 69.4 Å². The maximum absolute atomic E-state index is 12.1. The molecule has 0 aliphatic rings. The summed E-state index contributed by atoms with van der Waals surface area (Å²) in [7, 11) is -3.62. The molecule has 2 rings (SSSR count). The molecule has 0 saturated carbocycles. The van der Waals surface area contributed by atoms with Gasteiger partial charge in [0.15, 0.2) is 5.94 Å². The molecule has 0 atom stereocenters. The summed E-state index contributed by atoms with van der Waals surface area (Å²) in [6.07, 6.45) is 0. The van der Waals surface area contributed by atoms with Crippen LogP contribution in [0.25, 0.3) is 0 Å². The molecule has 6 heteroatoms. The summed E-state index contributed by atoms with van der Waals surface area (Å²) in [5, 5.41) is 0.141. The third-order valence-electron chi connectivity index (χ3n) is 2.64. The number of halogens is 1. The van der Waals surface area contributed by atoms with E-state index in [1.165, 1.54) is 12.1 Å². The van der Waals surface area contributed by atoms with Crippen LogP contribution in [0, 0.1) is 0 Å². The first-order valence-electron chi connectivity index (χ1n) is 5.88. The molecule has 0 unspecified atom stereocenters. The predicted molar refractivity (Wildman–Crippen MR) is 79.1 cm³/mol. The van der Waals surface area contributed by atoms with Gasteiger partial charge in [-0.1, -0.05) is 41.9 Å². The number of sulfone groups is 1. The van der Waals surface area contributed by atoms with Crippen LogP contribution in [0.4, 0.5) is 5.69 Å². The maximum Gasteiger partial charge on any atom is 0.203 e. The SMILES string of the molecule is Nc1ccc(Cl)c(S(=O)(=O)COCc2ccccc2)c1. The molecule has 2 N–H and O–H groups in total. The molecule has 0 aromatic heterocycles. The van der Waals surface area contributed by atoms with Gasteiger partial charge in [-0.25, -0.2) is 8.42 Å². The van der Waals surface area contributed by atoms with Crippen LogP contribution in [0.15, 0.2) is 53.4 Å². The highest BCUT2D eigenvalue weighted by Crippen LogP contribution is 2.25. The van der Waals surface area contributed by atoms with Crippen molar-refractivity contribution in [1.29, 1.82) is 0 Å². The van der Waals surface area contributed by atoms with E-state index in [9.17, 15) is 8.42 Å². The Kier molecular flexibility index (Phi) is 4.65. The van der Waals surface area contributed by atoms with Gasteiger partial charge in [-0.15, -0.1) is 0 Å². The fraction of sp³-hybridized carbons (Fsp3) is 0.143. The Labute approximate surface area is 123 Å². The van der Waals surface area contributed by atoms with Crippen molar-refractivity contribution in [2.75, 3.05) is 11.7 Å². The van der Waals surface area contributed by atoms with Crippen LogP contribution in [-0.4, -0.2) is 14.4 Å². The van der Waals surface area contributed by atoms with Crippen LogP contribution in [0.3, 0.4) is 0 Å². The van der Waals surface area contributed by atoms with Gasteiger partial charge in [-0.2, -0.15) is 0 Å². The number of nitrogens with two attached hydrogens (primary N) is 1. The van der Waals surface area contributed by atoms with E-state index in [0.717, 1.165) is 5.56 Å². The Morgan fingerprint density at radius 3 is 2.50 bits per heavy atom. The Hall–Kier alpha value is -1.56. The molecular weight excluding hydrogens is 298 g/mol. The van der Waals surface area contributed by atoms with Crippen LogP contribution in [0.1, 0.15) is 5.56 Å². The Bertz CT molecular complexity index is 687. The van der Waals surface area contributed by atoms with E-state index in [-0.39, 0.29) is 16.5 Å². The van der Waals surface area contributed by atoms with Gasteiger partial charge in [0.2, 0.25) is 9.84 Å². The van der Waals surface area contributed by atoms with Crippen molar-refractivity contribution in [3.05, 3.63) is 59.1 Å². The van der Waals surface area contributed by atoms with Crippen molar-refractivity contribution < 1.29 is 13.2 Å². The van der Waals surface area contributed by atoms with Gasteiger partial charge < -0.3 is 10.5 Å². The van der Waals surface area contributed by atoms with Crippen LogP contribution in [0.5, 0.6) is 0 Å². The van der Waals surface area contributed by atoms with E-state index >= 15 is 0 Å². The molecule has 0 aliphatic heterocycles. The highest BCUT2D eigenvalue weighted by molar-refractivity contribution is 7.91. The molecule has 0 aliphatic carbocycles. The standard InChI is InChI=1S/C14H14ClNO3S/c15-13-7-6-12(16)8-14(13)20(17,18)10-19-9-11-4-2-1-3-5-11/h1-8H,9-10,16H2. The minimum absolute atomic E-state index is 0.00720. The molecule has 4 nitrogen and oxygen atoms in total.